The molecule has 2 N–H and O–H groups in total. The third-order valence-electron chi connectivity index (χ3n) is 1.95. The Kier molecular flexibility index (Phi) is 7.06. The molecule has 0 aliphatic rings. The molecule has 1 aromatic rings. The van der Waals surface area contributed by atoms with E-state index in [1.54, 1.807) is 0 Å². The summed E-state index contributed by atoms with van der Waals surface area (Å²) in [5.74, 6) is 0.719. The van der Waals surface area contributed by atoms with Gasteiger partial charge in [0.25, 0.3) is 0 Å². The third kappa shape index (κ3) is 4.51. The van der Waals surface area contributed by atoms with Crippen molar-refractivity contribution in [3.05, 3.63) is 35.9 Å². The molecule has 0 fully saturated rings. The van der Waals surface area contributed by atoms with Crippen LogP contribution in [0.2, 0.25) is 0 Å². The smallest absolute Gasteiger partial charge is 0.109 e. The van der Waals surface area contributed by atoms with Crippen LogP contribution in [0.4, 0.5) is 0 Å². The Labute approximate surface area is 90.9 Å². The Bertz CT molecular complexity index is 213. The van der Waals surface area contributed by atoms with E-state index < -0.39 is 0 Å². The average Bonchev–Trinajstić information content (AvgIpc) is 2.15. The fourth-order valence-electron chi connectivity index (χ4n) is 1.21. The zero-order valence-corrected chi connectivity index (χ0v) is 9.22. The molecular weight excluding hydrogens is 205 g/mol. The van der Waals surface area contributed by atoms with Crippen LogP contribution in [0.15, 0.2) is 30.3 Å². The van der Waals surface area contributed by atoms with Crippen molar-refractivity contribution in [2.24, 2.45) is 0 Å². The van der Waals surface area contributed by atoms with E-state index in [1.165, 1.54) is 5.56 Å². The summed E-state index contributed by atoms with van der Waals surface area (Å²) in [4.78, 5) is 0. The van der Waals surface area contributed by atoms with Gasteiger partial charge in [-0.1, -0.05) is 30.3 Å². The molecule has 0 aliphatic carbocycles. The maximum atomic E-state index is 5.60. The molecule has 0 aliphatic heterocycles. The normalized spacial score (nSPS) is 11.8. The van der Waals surface area contributed by atoms with Crippen molar-refractivity contribution in [1.29, 1.82) is 0 Å². The van der Waals surface area contributed by atoms with Gasteiger partial charge in [0.2, 0.25) is 0 Å². The first-order valence-corrected chi connectivity index (χ1v) is 4.82. The second-order valence-corrected chi connectivity index (χ2v) is 3.29. The van der Waals surface area contributed by atoms with E-state index in [-0.39, 0.29) is 12.4 Å². The van der Waals surface area contributed by atoms with Crippen molar-refractivity contribution in [3.8, 4) is 0 Å². The molecule has 1 rings (SSSR count). The van der Waals surface area contributed by atoms with Crippen LogP contribution >= 0.6 is 11.6 Å². The van der Waals surface area contributed by atoms with Crippen molar-refractivity contribution in [1.82, 2.24) is 0 Å². The highest BCUT2D eigenvalue weighted by Gasteiger charge is 2.05. The average molecular weight is 220 g/mol. The zero-order valence-electron chi connectivity index (χ0n) is 7.71. The minimum Gasteiger partial charge on any atom is -1.00 e. The van der Waals surface area contributed by atoms with Crippen LogP contribution in [0.25, 0.3) is 0 Å². The second kappa shape index (κ2) is 7.19. The molecule has 0 spiro atoms. The fourth-order valence-corrected chi connectivity index (χ4v) is 1.33. The van der Waals surface area contributed by atoms with E-state index in [0.717, 1.165) is 12.4 Å². The van der Waals surface area contributed by atoms with Crippen molar-refractivity contribution in [2.45, 2.75) is 13.0 Å². The largest absolute Gasteiger partial charge is 1.00 e. The van der Waals surface area contributed by atoms with E-state index in [4.69, 9.17) is 11.6 Å². The molecule has 0 unspecified atom stereocenters. The highest BCUT2D eigenvalue weighted by Crippen LogP contribution is 2.05. The lowest BCUT2D eigenvalue weighted by Crippen LogP contribution is -3.00. The molecule has 1 aromatic carbocycles. The van der Waals surface area contributed by atoms with E-state index in [0.29, 0.717) is 6.04 Å². The minimum absolute atomic E-state index is 0. The molecular formula is C10H15Cl2N. The summed E-state index contributed by atoms with van der Waals surface area (Å²) in [5, 5.41) is 2.25. The zero-order chi connectivity index (χ0) is 8.81. The molecule has 1 nitrogen and oxygen atoms in total. The molecule has 1 atom stereocenters. The number of hydrogen-bond acceptors (Lipinski definition) is 0. The molecule has 0 amide bonds. The maximum Gasteiger partial charge on any atom is 0.109 e. The molecule has 74 valence electrons. The first kappa shape index (κ1) is 12.8. The van der Waals surface area contributed by atoms with Crippen LogP contribution in [0.1, 0.15) is 18.5 Å². The Morgan fingerprint density at radius 3 is 2.46 bits per heavy atom. The number of alkyl halides is 1. The van der Waals surface area contributed by atoms with Gasteiger partial charge in [-0.2, -0.15) is 0 Å². The SMILES string of the molecule is C[C@H]([NH2+]CCCl)c1ccccc1.[Cl-]. The van der Waals surface area contributed by atoms with Crippen molar-refractivity contribution in [3.63, 3.8) is 0 Å². The van der Waals surface area contributed by atoms with Gasteiger partial charge in [-0.05, 0) is 6.92 Å². The predicted octanol–water partition coefficient (Wildman–Crippen LogP) is -1.45. The summed E-state index contributed by atoms with van der Waals surface area (Å²) in [7, 11) is 0. The highest BCUT2D eigenvalue weighted by atomic mass is 35.5. The van der Waals surface area contributed by atoms with Gasteiger partial charge in [-0.3, -0.25) is 0 Å². The highest BCUT2D eigenvalue weighted by molar-refractivity contribution is 6.17. The topological polar surface area (TPSA) is 16.6 Å². The fraction of sp³-hybridized carbons (Fsp3) is 0.400. The second-order valence-electron chi connectivity index (χ2n) is 2.91. The Morgan fingerprint density at radius 2 is 1.92 bits per heavy atom. The van der Waals surface area contributed by atoms with Crippen LogP contribution in [-0.4, -0.2) is 12.4 Å². The van der Waals surface area contributed by atoms with Crippen LogP contribution in [0.3, 0.4) is 0 Å². The quantitative estimate of drug-likeness (QED) is 0.598. The van der Waals surface area contributed by atoms with Gasteiger partial charge >= 0.3 is 0 Å². The predicted molar refractivity (Wildman–Crippen MR) is 52.4 cm³/mol. The standard InChI is InChI=1S/C10H14ClN.ClH/c1-9(12-8-7-11)10-5-3-2-4-6-10;/h2-6,9,12H,7-8H2,1H3;1H/t9-;/m0./s1. The van der Waals surface area contributed by atoms with Gasteiger partial charge in [-0.25, -0.2) is 0 Å². The van der Waals surface area contributed by atoms with E-state index >= 15 is 0 Å². The summed E-state index contributed by atoms with van der Waals surface area (Å²) < 4.78 is 0. The van der Waals surface area contributed by atoms with Crippen LogP contribution in [0, 0.1) is 0 Å². The molecule has 0 radical (unpaired) electrons. The lowest BCUT2D eigenvalue weighted by molar-refractivity contribution is -0.689. The van der Waals surface area contributed by atoms with Crippen LogP contribution < -0.4 is 17.7 Å². The maximum absolute atomic E-state index is 5.60. The molecule has 0 saturated heterocycles. The van der Waals surface area contributed by atoms with E-state index in [9.17, 15) is 0 Å². The Balaban J connectivity index is 0.00000144. The summed E-state index contributed by atoms with van der Waals surface area (Å²) in [5.41, 5.74) is 1.36. The molecule has 0 bridgehead atoms. The molecule has 0 saturated carbocycles. The summed E-state index contributed by atoms with van der Waals surface area (Å²) >= 11 is 5.60. The lowest BCUT2D eigenvalue weighted by Gasteiger charge is -2.08. The van der Waals surface area contributed by atoms with E-state index in [2.05, 4.69) is 36.5 Å². The number of nitrogens with two attached hydrogens (primary N) is 1. The monoisotopic (exact) mass is 219 g/mol. The molecule has 13 heavy (non-hydrogen) atoms. The molecule has 0 aromatic heterocycles. The van der Waals surface area contributed by atoms with Gasteiger partial charge in [-0.15, -0.1) is 11.6 Å². The Morgan fingerprint density at radius 1 is 1.31 bits per heavy atom. The summed E-state index contributed by atoms with van der Waals surface area (Å²) in [6, 6.07) is 11.0. The first-order chi connectivity index (χ1) is 5.84. The van der Waals surface area contributed by atoms with Gasteiger partial charge in [0.1, 0.15) is 6.04 Å². The van der Waals surface area contributed by atoms with Crippen LogP contribution in [-0.2, 0) is 0 Å². The van der Waals surface area contributed by atoms with Gasteiger partial charge < -0.3 is 17.7 Å². The number of hydrogen-bond donors (Lipinski definition) is 1. The van der Waals surface area contributed by atoms with Crippen molar-refractivity contribution in [2.75, 3.05) is 12.4 Å². The molecule has 3 heteroatoms. The summed E-state index contributed by atoms with van der Waals surface area (Å²) in [6.07, 6.45) is 0. The van der Waals surface area contributed by atoms with Crippen molar-refractivity contribution >= 4 is 11.6 Å². The Hall–Kier alpha value is -0.240. The van der Waals surface area contributed by atoms with Gasteiger partial charge in [0.05, 0.1) is 12.4 Å². The van der Waals surface area contributed by atoms with E-state index in [1.807, 2.05) is 6.07 Å². The van der Waals surface area contributed by atoms with Gasteiger partial charge in [0, 0.05) is 5.56 Å². The lowest BCUT2D eigenvalue weighted by atomic mass is 10.1. The number of halogens is 2. The number of quaternary nitrogens is 1. The minimum atomic E-state index is 0. The summed E-state index contributed by atoms with van der Waals surface area (Å²) in [6.45, 7) is 3.18. The number of benzene rings is 1. The first-order valence-electron chi connectivity index (χ1n) is 4.29. The van der Waals surface area contributed by atoms with Gasteiger partial charge in [0.15, 0.2) is 0 Å². The molecule has 0 heterocycles. The third-order valence-corrected chi connectivity index (χ3v) is 2.17. The number of rotatable bonds is 4. The van der Waals surface area contributed by atoms with Crippen molar-refractivity contribution < 1.29 is 17.7 Å². The van der Waals surface area contributed by atoms with Crippen LogP contribution in [0.5, 0.6) is 0 Å².